The molecule has 0 radical (unpaired) electrons. The Morgan fingerprint density at radius 1 is 1.43 bits per heavy atom. The highest BCUT2D eigenvalue weighted by atomic mass is 32.1. The number of aromatic nitrogens is 2. The molecule has 1 aromatic carbocycles. The minimum Gasteiger partial charge on any atom is -0.497 e. The van der Waals surface area contributed by atoms with Crippen LogP contribution in [0.1, 0.15) is 21.1 Å². The summed E-state index contributed by atoms with van der Waals surface area (Å²) in [6, 6.07) is 7.47. The second kappa shape index (κ2) is 5.68. The summed E-state index contributed by atoms with van der Waals surface area (Å²) in [5.74, 6) is 0.547. The Morgan fingerprint density at radius 2 is 2.35 bits per heavy atom. The Morgan fingerprint density at radius 3 is 3.17 bits per heavy atom. The van der Waals surface area contributed by atoms with Crippen molar-refractivity contribution in [2.24, 2.45) is 0 Å². The van der Waals surface area contributed by atoms with Crippen molar-refractivity contribution in [2.45, 2.75) is 13.0 Å². The highest BCUT2D eigenvalue weighted by Crippen LogP contribution is 2.28. The molecule has 6 nitrogen and oxygen atoms in total. The Balaban J connectivity index is 1.57. The fraction of sp³-hybridized carbons (Fsp3) is 0.250. The molecule has 0 saturated carbocycles. The third-order valence-electron chi connectivity index (χ3n) is 3.79. The zero-order valence-corrected chi connectivity index (χ0v) is 13.3. The number of aromatic amines is 1. The van der Waals surface area contributed by atoms with Gasteiger partial charge in [-0.15, -0.1) is 0 Å². The van der Waals surface area contributed by atoms with Crippen LogP contribution in [0.2, 0.25) is 0 Å². The number of amides is 1. The van der Waals surface area contributed by atoms with Gasteiger partial charge in [-0.1, -0.05) is 11.3 Å². The summed E-state index contributed by atoms with van der Waals surface area (Å²) in [7, 11) is 1.62. The molecule has 0 unspecified atom stereocenters. The van der Waals surface area contributed by atoms with E-state index in [-0.39, 0.29) is 5.91 Å². The number of hydrogen-bond acceptors (Lipinski definition) is 5. The second-order valence-electron chi connectivity index (χ2n) is 5.28. The minimum absolute atomic E-state index is 0.202. The van der Waals surface area contributed by atoms with Gasteiger partial charge in [0.15, 0.2) is 5.13 Å². The van der Waals surface area contributed by atoms with Crippen LogP contribution >= 0.6 is 11.3 Å². The number of nitrogens with zero attached hydrogens (tertiary/aromatic N) is 1. The fourth-order valence-electron chi connectivity index (χ4n) is 2.60. The molecule has 2 aromatic heterocycles. The zero-order chi connectivity index (χ0) is 15.8. The van der Waals surface area contributed by atoms with Gasteiger partial charge < -0.3 is 14.5 Å². The number of rotatable bonds is 3. The number of carbonyl (C=O) groups is 1. The van der Waals surface area contributed by atoms with Crippen LogP contribution < -0.4 is 10.1 Å². The van der Waals surface area contributed by atoms with Crippen LogP contribution in [0.3, 0.4) is 0 Å². The number of thiazole rings is 1. The Bertz CT molecular complexity index is 860. The van der Waals surface area contributed by atoms with Crippen LogP contribution in [-0.4, -0.2) is 29.6 Å². The van der Waals surface area contributed by atoms with Crippen molar-refractivity contribution in [1.29, 1.82) is 0 Å². The third kappa shape index (κ3) is 2.69. The molecule has 1 aliphatic rings. The summed E-state index contributed by atoms with van der Waals surface area (Å²) < 4.78 is 10.6. The lowest BCUT2D eigenvalue weighted by molar-refractivity contribution is 0.102. The van der Waals surface area contributed by atoms with Crippen molar-refractivity contribution < 1.29 is 14.3 Å². The van der Waals surface area contributed by atoms with Gasteiger partial charge in [-0.2, -0.15) is 0 Å². The molecule has 2 N–H and O–H groups in total. The van der Waals surface area contributed by atoms with E-state index in [0.29, 0.717) is 24.0 Å². The lowest BCUT2D eigenvalue weighted by Crippen LogP contribution is -2.12. The van der Waals surface area contributed by atoms with Crippen LogP contribution in [0, 0.1) is 0 Å². The molecule has 7 heteroatoms. The van der Waals surface area contributed by atoms with Crippen molar-refractivity contribution in [3.8, 4) is 5.75 Å². The molecule has 0 saturated heterocycles. The number of carbonyl (C=O) groups excluding carboxylic acids is 1. The Hall–Kier alpha value is -2.38. The number of anilines is 1. The monoisotopic (exact) mass is 329 g/mol. The summed E-state index contributed by atoms with van der Waals surface area (Å²) >= 11 is 1.47. The average Bonchev–Trinajstić information content (AvgIpc) is 3.16. The quantitative estimate of drug-likeness (QED) is 0.774. The van der Waals surface area contributed by atoms with Gasteiger partial charge in [-0.05, 0) is 18.2 Å². The highest BCUT2D eigenvalue weighted by Gasteiger charge is 2.18. The molecule has 4 rings (SSSR count). The van der Waals surface area contributed by atoms with Gasteiger partial charge in [0.25, 0.3) is 5.91 Å². The minimum atomic E-state index is -0.202. The van der Waals surface area contributed by atoms with Crippen LogP contribution in [-0.2, 0) is 17.8 Å². The number of methoxy groups -OCH3 is 1. The summed E-state index contributed by atoms with van der Waals surface area (Å²) in [4.78, 5) is 21.1. The number of fused-ring (bicyclic) bond motifs is 2. The largest absolute Gasteiger partial charge is 0.497 e. The van der Waals surface area contributed by atoms with E-state index in [1.54, 1.807) is 7.11 Å². The molecular formula is C16H15N3O3S. The van der Waals surface area contributed by atoms with Gasteiger partial charge in [0.1, 0.15) is 11.4 Å². The molecule has 3 aromatic rings. The molecule has 0 bridgehead atoms. The first-order chi connectivity index (χ1) is 11.2. The normalized spacial score (nSPS) is 13.8. The zero-order valence-electron chi connectivity index (χ0n) is 12.5. The summed E-state index contributed by atoms with van der Waals surface area (Å²) in [5, 5.41) is 4.43. The molecule has 118 valence electrons. The van der Waals surface area contributed by atoms with E-state index in [1.165, 1.54) is 11.3 Å². The van der Waals surface area contributed by atoms with E-state index >= 15 is 0 Å². The van der Waals surface area contributed by atoms with Crippen molar-refractivity contribution in [2.75, 3.05) is 19.0 Å². The van der Waals surface area contributed by atoms with Crippen LogP contribution in [0.15, 0.2) is 24.3 Å². The van der Waals surface area contributed by atoms with E-state index in [9.17, 15) is 4.79 Å². The molecule has 3 heterocycles. The van der Waals surface area contributed by atoms with E-state index in [1.807, 2.05) is 24.3 Å². The maximum absolute atomic E-state index is 12.4. The summed E-state index contributed by atoms with van der Waals surface area (Å²) in [6.07, 6.45) is 0.799. The Labute approximate surface area is 136 Å². The summed E-state index contributed by atoms with van der Waals surface area (Å²) in [5.41, 5.74) is 2.39. The smallest absolute Gasteiger partial charge is 0.273 e. The van der Waals surface area contributed by atoms with Crippen molar-refractivity contribution >= 4 is 33.3 Å². The standard InChI is InChI=1S/C16H15N3O3S/c1-21-10-3-2-9-6-13(17-12(9)7-10)15(20)19-16-18-11-4-5-22-8-14(11)23-16/h2-3,6-7,17H,4-5,8H2,1H3,(H,18,19,20). The van der Waals surface area contributed by atoms with Gasteiger partial charge in [-0.3, -0.25) is 10.1 Å². The first-order valence-corrected chi connectivity index (χ1v) is 8.09. The molecule has 1 aliphatic heterocycles. The molecule has 1 amide bonds. The topological polar surface area (TPSA) is 76.2 Å². The SMILES string of the molecule is COc1ccc2cc(C(=O)Nc3nc4c(s3)COCC4)[nH]c2c1. The van der Waals surface area contributed by atoms with Crippen LogP contribution in [0.25, 0.3) is 10.9 Å². The molecule has 0 aliphatic carbocycles. The van der Waals surface area contributed by atoms with Gasteiger partial charge in [0, 0.05) is 23.4 Å². The van der Waals surface area contributed by atoms with Crippen molar-refractivity contribution in [3.63, 3.8) is 0 Å². The second-order valence-corrected chi connectivity index (χ2v) is 6.37. The van der Waals surface area contributed by atoms with E-state index in [2.05, 4.69) is 15.3 Å². The van der Waals surface area contributed by atoms with Crippen molar-refractivity contribution in [3.05, 3.63) is 40.5 Å². The molecule has 0 fully saturated rings. The van der Waals surface area contributed by atoms with Gasteiger partial charge >= 0.3 is 0 Å². The molecular weight excluding hydrogens is 314 g/mol. The number of nitrogens with one attached hydrogen (secondary N) is 2. The van der Waals surface area contributed by atoms with Gasteiger partial charge in [0.05, 0.1) is 30.9 Å². The summed E-state index contributed by atoms with van der Waals surface area (Å²) in [6.45, 7) is 1.27. The third-order valence-corrected chi connectivity index (χ3v) is 4.78. The fourth-order valence-corrected chi connectivity index (χ4v) is 3.54. The first kappa shape index (κ1) is 14.2. The molecule has 0 atom stereocenters. The van der Waals surface area contributed by atoms with E-state index in [4.69, 9.17) is 9.47 Å². The lowest BCUT2D eigenvalue weighted by Gasteiger charge is -2.08. The predicted octanol–water partition coefficient (Wildman–Crippen LogP) is 2.96. The predicted molar refractivity (Wildman–Crippen MR) is 88.3 cm³/mol. The highest BCUT2D eigenvalue weighted by molar-refractivity contribution is 7.15. The molecule has 0 spiro atoms. The lowest BCUT2D eigenvalue weighted by atomic mass is 10.2. The molecule has 23 heavy (non-hydrogen) atoms. The maximum atomic E-state index is 12.4. The van der Waals surface area contributed by atoms with Gasteiger partial charge in [0.2, 0.25) is 0 Å². The number of hydrogen-bond donors (Lipinski definition) is 2. The number of H-pyrrole nitrogens is 1. The van der Waals surface area contributed by atoms with Crippen LogP contribution in [0.5, 0.6) is 5.75 Å². The number of benzene rings is 1. The van der Waals surface area contributed by atoms with Crippen LogP contribution in [0.4, 0.5) is 5.13 Å². The maximum Gasteiger partial charge on any atom is 0.273 e. The average molecular weight is 329 g/mol. The first-order valence-electron chi connectivity index (χ1n) is 7.27. The van der Waals surface area contributed by atoms with E-state index in [0.717, 1.165) is 33.6 Å². The van der Waals surface area contributed by atoms with Crippen molar-refractivity contribution in [1.82, 2.24) is 9.97 Å². The van der Waals surface area contributed by atoms with E-state index < -0.39 is 0 Å². The Kier molecular flexibility index (Phi) is 3.51. The van der Waals surface area contributed by atoms with Gasteiger partial charge in [-0.25, -0.2) is 4.98 Å². The number of ether oxygens (including phenoxy) is 2.